The van der Waals surface area contributed by atoms with E-state index in [0.717, 1.165) is 0 Å². The maximum atomic E-state index is 10.7. The highest BCUT2D eigenvalue weighted by Crippen LogP contribution is 2.19. The van der Waals surface area contributed by atoms with Gasteiger partial charge in [-0.15, -0.1) is 0 Å². The van der Waals surface area contributed by atoms with Crippen LogP contribution < -0.4 is 5.32 Å². The van der Waals surface area contributed by atoms with Crippen molar-refractivity contribution in [3.8, 4) is 0 Å². The minimum Gasteiger partial charge on any atom is -0.481 e. The number of hydrogen-bond acceptors (Lipinski definition) is 4. The summed E-state index contributed by atoms with van der Waals surface area (Å²) in [4.78, 5) is 21.1. The van der Waals surface area contributed by atoms with Gasteiger partial charge in [0.2, 0.25) is 0 Å². The molecule has 82 valence electrons. The Kier molecular flexibility index (Phi) is 4.93. The normalized spacial score (nSPS) is 14.2. The van der Waals surface area contributed by atoms with Crippen LogP contribution in [0.25, 0.3) is 0 Å². The largest absolute Gasteiger partial charge is 0.481 e. The summed E-state index contributed by atoms with van der Waals surface area (Å²) in [6, 6.07) is 0. The van der Waals surface area contributed by atoms with Gasteiger partial charge in [-0.1, -0.05) is 6.92 Å². The highest BCUT2D eigenvalue weighted by Gasteiger charge is 2.27. The lowest BCUT2D eigenvalue weighted by Gasteiger charge is -2.24. The SMILES string of the molecule is COC(=O)NCC(C)(CO)CC(=O)O. The number of methoxy groups -OCH3 is 1. The van der Waals surface area contributed by atoms with Gasteiger partial charge in [0.1, 0.15) is 0 Å². The molecule has 6 heteroatoms. The number of hydrogen-bond donors (Lipinski definition) is 3. The maximum Gasteiger partial charge on any atom is 0.406 e. The van der Waals surface area contributed by atoms with Crippen molar-refractivity contribution in [3.63, 3.8) is 0 Å². The number of carboxylic acid groups (broad SMARTS) is 1. The predicted octanol–water partition coefficient (Wildman–Crippen LogP) is -0.184. The van der Waals surface area contributed by atoms with Gasteiger partial charge >= 0.3 is 12.1 Å². The summed E-state index contributed by atoms with van der Waals surface area (Å²) >= 11 is 0. The number of aliphatic hydroxyl groups excluding tert-OH is 1. The summed E-state index contributed by atoms with van der Waals surface area (Å²) in [5.74, 6) is -1.02. The van der Waals surface area contributed by atoms with Crippen molar-refractivity contribution in [3.05, 3.63) is 0 Å². The molecular weight excluding hydrogens is 190 g/mol. The molecule has 6 nitrogen and oxygen atoms in total. The molecule has 0 aromatic heterocycles. The molecule has 0 fully saturated rings. The van der Waals surface area contributed by atoms with E-state index in [1.54, 1.807) is 6.92 Å². The van der Waals surface area contributed by atoms with Gasteiger partial charge in [-0.05, 0) is 0 Å². The third-order valence-electron chi connectivity index (χ3n) is 1.80. The van der Waals surface area contributed by atoms with E-state index in [-0.39, 0.29) is 19.6 Å². The quantitative estimate of drug-likeness (QED) is 0.578. The van der Waals surface area contributed by atoms with Gasteiger partial charge in [0.05, 0.1) is 20.1 Å². The molecule has 14 heavy (non-hydrogen) atoms. The average Bonchev–Trinajstić information content (AvgIpc) is 2.13. The lowest BCUT2D eigenvalue weighted by molar-refractivity contribution is -0.140. The highest BCUT2D eigenvalue weighted by molar-refractivity contribution is 5.69. The fourth-order valence-electron chi connectivity index (χ4n) is 0.897. The Morgan fingerprint density at radius 1 is 1.50 bits per heavy atom. The summed E-state index contributed by atoms with van der Waals surface area (Å²) in [6.07, 6.45) is -0.858. The maximum absolute atomic E-state index is 10.7. The summed E-state index contributed by atoms with van der Waals surface area (Å²) < 4.78 is 4.32. The van der Waals surface area contributed by atoms with E-state index in [1.807, 2.05) is 0 Å². The Bertz CT molecular complexity index is 218. The minimum atomic E-state index is -1.02. The standard InChI is InChI=1S/C8H15NO5/c1-8(5-10,3-6(11)12)4-9-7(13)14-2/h10H,3-5H2,1-2H3,(H,9,13)(H,11,12). The van der Waals surface area contributed by atoms with Gasteiger partial charge in [-0.25, -0.2) is 4.79 Å². The van der Waals surface area contributed by atoms with Crippen LogP contribution in [0.15, 0.2) is 0 Å². The second-order valence-electron chi connectivity index (χ2n) is 3.38. The van der Waals surface area contributed by atoms with Crippen LogP contribution in [-0.2, 0) is 9.53 Å². The van der Waals surface area contributed by atoms with Gasteiger partial charge in [0.25, 0.3) is 0 Å². The fourth-order valence-corrected chi connectivity index (χ4v) is 0.897. The molecule has 0 aliphatic carbocycles. The molecule has 0 bridgehead atoms. The smallest absolute Gasteiger partial charge is 0.406 e. The topological polar surface area (TPSA) is 95.9 Å². The van der Waals surface area contributed by atoms with Gasteiger partial charge < -0.3 is 20.3 Å². The molecule has 1 amide bonds. The van der Waals surface area contributed by atoms with Crippen molar-refractivity contribution < 1.29 is 24.5 Å². The monoisotopic (exact) mass is 205 g/mol. The second kappa shape index (κ2) is 5.43. The molecule has 0 spiro atoms. The molecule has 0 radical (unpaired) electrons. The van der Waals surface area contributed by atoms with Crippen LogP contribution in [-0.4, -0.2) is 42.5 Å². The van der Waals surface area contributed by atoms with Crippen LogP contribution in [0, 0.1) is 5.41 Å². The minimum absolute atomic E-state index is 0.0580. The van der Waals surface area contributed by atoms with Crippen molar-refractivity contribution in [1.82, 2.24) is 5.32 Å². The number of alkyl carbamates (subject to hydrolysis) is 1. The summed E-state index contributed by atoms with van der Waals surface area (Å²) in [5, 5.41) is 19.9. The zero-order chi connectivity index (χ0) is 11.2. The van der Waals surface area contributed by atoms with Crippen molar-refractivity contribution in [1.29, 1.82) is 0 Å². The first-order valence-electron chi connectivity index (χ1n) is 4.08. The molecule has 0 aliphatic heterocycles. The molecule has 3 N–H and O–H groups in total. The number of rotatable bonds is 5. The second-order valence-corrected chi connectivity index (χ2v) is 3.38. The summed E-state index contributed by atoms with van der Waals surface area (Å²) in [6.45, 7) is 1.31. The summed E-state index contributed by atoms with van der Waals surface area (Å²) in [5.41, 5.74) is -0.861. The lowest BCUT2D eigenvalue weighted by Crippen LogP contribution is -2.39. The first-order chi connectivity index (χ1) is 6.43. The predicted molar refractivity (Wildman–Crippen MR) is 47.9 cm³/mol. The Hall–Kier alpha value is -1.30. The van der Waals surface area contributed by atoms with E-state index >= 15 is 0 Å². The molecule has 0 heterocycles. The molecule has 0 aliphatic rings. The van der Waals surface area contributed by atoms with Crippen LogP contribution in [0.3, 0.4) is 0 Å². The van der Waals surface area contributed by atoms with Crippen LogP contribution in [0.2, 0.25) is 0 Å². The van der Waals surface area contributed by atoms with E-state index < -0.39 is 17.5 Å². The van der Waals surface area contributed by atoms with Gasteiger partial charge in [-0.3, -0.25) is 4.79 Å². The average molecular weight is 205 g/mol. The third-order valence-corrected chi connectivity index (χ3v) is 1.80. The molecular formula is C8H15NO5. The highest BCUT2D eigenvalue weighted by atomic mass is 16.5. The number of carbonyl (C=O) groups excluding carboxylic acids is 1. The zero-order valence-corrected chi connectivity index (χ0v) is 8.24. The third kappa shape index (κ3) is 4.66. The van der Waals surface area contributed by atoms with Gasteiger partial charge in [0.15, 0.2) is 0 Å². The Morgan fingerprint density at radius 3 is 2.43 bits per heavy atom. The Balaban J connectivity index is 4.11. The summed E-state index contributed by atoms with van der Waals surface area (Å²) in [7, 11) is 1.21. The van der Waals surface area contributed by atoms with Crippen molar-refractivity contribution in [2.45, 2.75) is 13.3 Å². The molecule has 1 atom stereocenters. The molecule has 0 rings (SSSR count). The van der Waals surface area contributed by atoms with Crippen molar-refractivity contribution in [2.24, 2.45) is 5.41 Å². The molecule has 0 aromatic carbocycles. The number of carboxylic acids is 1. The number of amides is 1. The fraction of sp³-hybridized carbons (Fsp3) is 0.750. The van der Waals surface area contributed by atoms with Gasteiger partial charge in [-0.2, -0.15) is 0 Å². The number of ether oxygens (including phenoxy) is 1. The molecule has 0 saturated heterocycles. The molecule has 1 unspecified atom stereocenters. The van der Waals surface area contributed by atoms with Crippen molar-refractivity contribution in [2.75, 3.05) is 20.3 Å². The van der Waals surface area contributed by atoms with Crippen LogP contribution >= 0.6 is 0 Å². The molecule has 0 saturated carbocycles. The lowest BCUT2D eigenvalue weighted by atomic mass is 9.88. The van der Waals surface area contributed by atoms with E-state index in [4.69, 9.17) is 10.2 Å². The van der Waals surface area contributed by atoms with Crippen LogP contribution in [0.5, 0.6) is 0 Å². The van der Waals surface area contributed by atoms with E-state index in [2.05, 4.69) is 10.1 Å². The van der Waals surface area contributed by atoms with Crippen molar-refractivity contribution >= 4 is 12.1 Å². The number of aliphatic carboxylic acids is 1. The van der Waals surface area contributed by atoms with E-state index in [0.29, 0.717) is 0 Å². The number of nitrogens with one attached hydrogen (secondary N) is 1. The van der Waals surface area contributed by atoms with Crippen LogP contribution in [0.4, 0.5) is 4.79 Å². The van der Waals surface area contributed by atoms with Crippen LogP contribution in [0.1, 0.15) is 13.3 Å². The first kappa shape index (κ1) is 12.7. The van der Waals surface area contributed by atoms with E-state index in [1.165, 1.54) is 7.11 Å². The zero-order valence-electron chi connectivity index (χ0n) is 8.24. The Morgan fingerprint density at radius 2 is 2.07 bits per heavy atom. The Labute approximate surface area is 81.9 Å². The first-order valence-corrected chi connectivity index (χ1v) is 4.08. The molecule has 0 aromatic rings. The number of aliphatic hydroxyl groups is 1. The van der Waals surface area contributed by atoms with Gasteiger partial charge in [0, 0.05) is 12.0 Å². The number of carbonyl (C=O) groups is 2. The van der Waals surface area contributed by atoms with E-state index in [9.17, 15) is 9.59 Å².